The molecule has 25 heavy (non-hydrogen) atoms. The van der Waals surface area contributed by atoms with E-state index in [2.05, 4.69) is 31.5 Å². The number of oxazole rings is 1. The number of carbonyl (C=O) groups is 1. The van der Waals surface area contributed by atoms with Gasteiger partial charge in [-0.2, -0.15) is 0 Å². The number of rotatable bonds is 3. The minimum atomic E-state index is -0.153. The second kappa shape index (κ2) is 7.20. The summed E-state index contributed by atoms with van der Waals surface area (Å²) in [7, 11) is 0. The highest BCUT2D eigenvalue weighted by molar-refractivity contribution is 9.10. The molecule has 0 fully saturated rings. The van der Waals surface area contributed by atoms with E-state index in [1.54, 1.807) is 43.3 Å². The van der Waals surface area contributed by atoms with Crippen molar-refractivity contribution in [2.45, 2.75) is 13.3 Å². The molecule has 1 aromatic heterocycles. The maximum atomic E-state index is 11.3. The van der Waals surface area contributed by atoms with Crippen molar-refractivity contribution in [2.75, 3.05) is 5.32 Å². The first kappa shape index (κ1) is 17.4. The van der Waals surface area contributed by atoms with Crippen molar-refractivity contribution in [1.82, 2.24) is 10.3 Å². The van der Waals surface area contributed by atoms with Gasteiger partial charge in [-0.1, -0.05) is 6.92 Å². The average Bonchev–Trinajstić information content (AvgIpc) is 3.00. The molecular formula is C17H14BrN3O3S. The fourth-order valence-electron chi connectivity index (χ4n) is 2.15. The van der Waals surface area contributed by atoms with Gasteiger partial charge in [-0.15, -0.1) is 0 Å². The number of aromatic hydroxyl groups is 1. The highest BCUT2D eigenvalue weighted by Gasteiger charge is 2.11. The lowest BCUT2D eigenvalue weighted by Gasteiger charge is -2.08. The van der Waals surface area contributed by atoms with Crippen LogP contribution >= 0.6 is 28.1 Å². The van der Waals surface area contributed by atoms with Gasteiger partial charge < -0.3 is 20.2 Å². The molecule has 2 aromatic carbocycles. The van der Waals surface area contributed by atoms with Crippen molar-refractivity contribution in [3.8, 4) is 17.2 Å². The summed E-state index contributed by atoms with van der Waals surface area (Å²) in [5, 5.41) is 15.3. The molecule has 8 heteroatoms. The number of thiocarbonyl (C=S) groups is 1. The zero-order valence-corrected chi connectivity index (χ0v) is 15.6. The zero-order chi connectivity index (χ0) is 18.0. The molecule has 0 aliphatic carbocycles. The molecule has 0 unspecified atom stereocenters. The van der Waals surface area contributed by atoms with E-state index >= 15 is 0 Å². The fraction of sp³-hybridized carbons (Fsp3) is 0.118. The standard InChI is InChI=1S/C17H14BrN3O3S/c1-2-15(23)21-17(25)19-10-4-6-14-12(8-10)20-16(24-14)9-3-5-13(22)11(18)7-9/h3-8,22H,2H2,1H3,(H2,19,21,23,25). The summed E-state index contributed by atoms with van der Waals surface area (Å²) in [4.78, 5) is 15.8. The summed E-state index contributed by atoms with van der Waals surface area (Å²) in [5.41, 5.74) is 2.70. The number of nitrogens with one attached hydrogen (secondary N) is 2. The number of anilines is 1. The molecular weight excluding hydrogens is 406 g/mol. The van der Waals surface area contributed by atoms with Crippen LogP contribution in [-0.2, 0) is 4.79 Å². The van der Waals surface area contributed by atoms with Crippen LogP contribution in [0.5, 0.6) is 5.75 Å². The van der Waals surface area contributed by atoms with Crippen LogP contribution in [0.15, 0.2) is 45.3 Å². The first-order valence-corrected chi connectivity index (χ1v) is 8.66. The Morgan fingerprint density at radius 2 is 2.12 bits per heavy atom. The molecule has 3 aromatic rings. The summed E-state index contributed by atoms with van der Waals surface area (Å²) in [5.74, 6) is 0.434. The lowest BCUT2D eigenvalue weighted by Crippen LogP contribution is -2.33. The van der Waals surface area contributed by atoms with Gasteiger partial charge in [0.2, 0.25) is 11.8 Å². The predicted octanol–water partition coefficient (Wildman–Crippen LogP) is 4.19. The van der Waals surface area contributed by atoms with Gasteiger partial charge in [-0.05, 0) is 64.5 Å². The maximum absolute atomic E-state index is 11.3. The Bertz CT molecular complexity index is 971. The minimum absolute atomic E-state index is 0.147. The Morgan fingerprint density at radius 3 is 2.84 bits per heavy atom. The van der Waals surface area contributed by atoms with Gasteiger partial charge in [0.05, 0.1) is 4.47 Å². The summed E-state index contributed by atoms with van der Waals surface area (Å²) >= 11 is 8.37. The van der Waals surface area contributed by atoms with Crippen molar-refractivity contribution in [2.24, 2.45) is 0 Å². The van der Waals surface area contributed by atoms with Crippen molar-refractivity contribution in [1.29, 1.82) is 0 Å². The third kappa shape index (κ3) is 3.97. The number of phenolic OH excluding ortho intramolecular Hbond substituents is 1. The van der Waals surface area contributed by atoms with Crippen molar-refractivity contribution >= 4 is 56.0 Å². The Hall–Kier alpha value is -2.45. The van der Waals surface area contributed by atoms with Crippen LogP contribution in [0.3, 0.4) is 0 Å². The number of fused-ring (bicyclic) bond motifs is 1. The van der Waals surface area contributed by atoms with Crippen molar-refractivity contribution < 1.29 is 14.3 Å². The van der Waals surface area contributed by atoms with Crippen LogP contribution in [0.1, 0.15) is 13.3 Å². The lowest BCUT2D eigenvalue weighted by molar-refractivity contribution is -0.119. The van der Waals surface area contributed by atoms with E-state index in [0.717, 1.165) is 5.56 Å². The van der Waals surface area contributed by atoms with Crippen LogP contribution in [-0.4, -0.2) is 21.1 Å². The molecule has 6 nitrogen and oxygen atoms in total. The molecule has 0 aliphatic rings. The van der Waals surface area contributed by atoms with Crippen LogP contribution < -0.4 is 10.6 Å². The molecule has 0 aliphatic heterocycles. The molecule has 3 rings (SSSR count). The molecule has 3 N–H and O–H groups in total. The molecule has 0 atom stereocenters. The van der Waals surface area contributed by atoms with E-state index in [9.17, 15) is 9.90 Å². The number of halogens is 1. The molecule has 0 saturated heterocycles. The third-order valence-corrected chi connectivity index (χ3v) is 4.25. The van der Waals surface area contributed by atoms with Gasteiger partial charge in [0, 0.05) is 17.7 Å². The highest BCUT2D eigenvalue weighted by atomic mass is 79.9. The second-order valence-corrected chi connectivity index (χ2v) is 6.49. The van der Waals surface area contributed by atoms with Crippen molar-refractivity contribution in [3.63, 3.8) is 0 Å². The third-order valence-electron chi connectivity index (χ3n) is 3.41. The van der Waals surface area contributed by atoms with Crippen molar-refractivity contribution in [3.05, 3.63) is 40.9 Å². The summed E-state index contributed by atoms with van der Waals surface area (Å²) in [6.45, 7) is 1.75. The molecule has 0 bridgehead atoms. The number of aromatic nitrogens is 1. The summed E-state index contributed by atoms with van der Waals surface area (Å²) < 4.78 is 6.31. The largest absolute Gasteiger partial charge is 0.507 e. The monoisotopic (exact) mass is 419 g/mol. The number of hydrogen-bond donors (Lipinski definition) is 3. The van der Waals surface area contributed by atoms with Gasteiger partial charge in [0.1, 0.15) is 11.3 Å². The quantitative estimate of drug-likeness (QED) is 0.551. The minimum Gasteiger partial charge on any atom is -0.507 e. The van der Waals surface area contributed by atoms with Gasteiger partial charge in [-0.3, -0.25) is 4.79 Å². The Kier molecular flexibility index (Phi) is 5.00. The number of nitrogens with zero attached hydrogens (tertiary/aromatic N) is 1. The van der Waals surface area contributed by atoms with Crippen LogP contribution in [0.2, 0.25) is 0 Å². The lowest BCUT2D eigenvalue weighted by atomic mass is 10.2. The zero-order valence-electron chi connectivity index (χ0n) is 13.2. The average molecular weight is 420 g/mol. The number of benzene rings is 2. The van der Waals surface area contributed by atoms with Crippen LogP contribution in [0, 0.1) is 0 Å². The molecule has 1 heterocycles. The molecule has 0 saturated carbocycles. The normalized spacial score (nSPS) is 10.6. The molecule has 0 spiro atoms. The van der Waals surface area contributed by atoms with E-state index in [-0.39, 0.29) is 16.8 Å². The number of phenols is 1. The number of amides is 1. The number of hydrogen-bond acceptors (Lipinski definition) is 5. The first-order chi connectivity index (χ1) is 12.0. The van der Waals surface area contributed by atoms with Gasteiger partial charge in [0.15, 0.2) is 10.7 Å². The SMILES string of the molecule is CCC(=O)NC(=S)Nc1ccc2oc(-c3ccc(O)c(Br)c3)nc2c1. The summed E-state index contributed by atoms with van der Waals surface area (Å²) in [6, 6.07) is 10.4. The van der Waals surface area contributed by atoms with E-state index in [1.807, 2.05) is 0 Å². The van der Waals surface area contributed by atoms with Gasteiger partial charge in [0.25, 0.3) is 0 Å². The smallest absolute Gasteiger partial charge is 0.227 e. The van der Waals surface area contributed by atoms with E-state index in [1.165, 1.54) is 0 Å². The molecule has 1 amide bonds. The first-order valence-electron chi connectivity index (χ1n) is 7.46. The Morgan fingerprint density at radius 1 is 1.32 bits per heavy atom. The molecule has 0 radical (unpaired) electrons. The Labute approximate surface area is 157 Å². The van der Waals surface area contributed by atoms with E-state index < -0.39 is 0 Å². The topological polar surface area (TPSA) is 87.4 Å². The van der Waals surface area contributed by atoms with Gasteiger partial charge >= 0.3 is 0 Å². The van der Waals surface area contributed by atoms with Gasteiger partial charge in [-0.25, -0.2) is 4.98 Å². The maximum Gasteiger partial charge on any atom is 0.227 e. The predicted molar refractivity (Wildman–Crippen MR) is 103 cm³/mol. The van der Waals surface area contributed by atoms with Crippen LogP contribution in [0.4, 0.5) is 5.69 Å². The summed E-state index contributed by atoms with van der Waals surface area (Å²) in [6.07, 6.45) is 0.357. The van der Waals surface area contributed by atoms with E-state index in [4.69, 9.17) is 16.6 Å². The molecule has 128 valence electrons. The second-order valence-electron chi connectivity index (χ2n) is 5.22. The van der Waals surface area contributed by atoms with Crippen LogP contribution in [0.25, 0.3) is 22.6 Å². The highest BCUT2D eigenvalue weighted by Crippen LogP contribution is 2.31. The Balaban J connectivity index is 1.85. The fourth-order valence-corrected chi connectivity index (χ4v) is 2.76. The van der Waals surface area contributed by atoms with E-state index in [0.29, 0.717) is 33.6 Å². The number of carbonyl (C=O) groups excluding carboxylic acids is 1.